The average Bonchev–Trinajstić information content (AvgIpc) is 2.74. The maximum atomic E-state index is 12.9. The number of halogens is 1. The molecule has 0 aliphatic carbocycles. The van der Waals surface area contributed by atoms with E-state index in [1.807, 2.05) is 37.3 Å². The van der Waals surface area contributed by atoms with E-state index in [9.17, 15) is 13.2 Å². The monoisotopic (exact) mass is 428 g/mol. The molecule has 0 saturated heterocycles. The number of anilines is 1. The fraction of sp³-hybridized carbons (Fsp3) is 0.136. The largest absolute Gasteiger partial charge is 0.345 e. The lowest BCUT2D eigenvalue weighted by Crippen LogP contribution is -2.29. The minimum Gasteiger partial charge on any atom is -0.345 e. The molecule has 0 saturated carbocycles. The van der Waals surface area contributed by atoms with Crippen molar-refractivity contribution in [3.63, 3.8) is 0 Å². The van der Waals surface area contributed by atoms with Crippen LogP contribution in [0.3, 0.4) is 0 Å². The van der Waals surface area contributed by atoms with Gasteiger partial charge in [0.05, 0.1) is 27.2 Å². The number of benzene rings is 3. The molecule has 0 aromatic heterocycles. The molecule has 0 spiro atoms. The summed E-state index contributed by atoms with van der Waals surface area (Å²) in [4.78, 5) is 12.9. The normalized spacial score (nSPS) is 12.2. The lowest BCUT2D eigenvalue weighted by Gasteiger charge is -2.21. The molecule has 0 bridgehead atoms. The molecule has 0 heterocycles. The van der Waals surface area contributed by atoms with Crippen molar-refractivity contribution in [2.45, 2.75) is 17.9 Å². The van der Waals surface area contributed by atoms with E-state index in [1.54, 1.807) is 24.3 Å². The molecule has 0 aliphatic rings. The van der Waals surface area contributed by atoms with Gasteiger partial charge in [0.1, 0.15) is 0 Å². The summed E-state index contributed by atoms with van der Waals surface area (Å²) < 4.78 is 26.8. The van der Waals surface area contributed by atoms with E-state index in [-0.39, 0.29) is 27.4 Å². The zero-order valence-electron chi connectivity index (χ0n) is 16.0. The molecule has 1 amide bonds. The molecule has 1 unspecified atom stereocenters. The Kier molecular flexibility index (Phi) is 6.25. The van der Waals surface area contributed by atoms with Crippen molar-refractivity contribution in [3.05, 3.63) is 95.0 Å². The van der Waals surface area contributed by atoms with Gasteiger partial charge in [-0.2, -0.15) is 0 Å². The van der Waals surface area contributed by atoms with Crippen LogP contribution in [0.2, 0.25) is 5.02 Å². The second kappa shape index (κ2) is 8.68. The number of nitrogens with one attached hydrogen (secondary N) is 1. The van der Waals surface area contributed by atoms with E-state index in [4.69, 9.17) is 11.6 Å². The van der Waals surface area contributed by atoms with Gasteiger partial charge < -0.3 is 5.32 Å². The highest BCUT2D eigenvalue weighted by Gasteiger charge is 2.23. The summed E-state index contributed by atoms with van der Waals surface area (Å²) in [6.07, 6.45) is 0. The standard InChI is InChI=1S/C22H21ClN2O3S/c1-16(17-9-5-3-6-10-17)24-22(26)20-15-18(13-14-21(20)23)25(2)29(27,28)19-11-7-4-8-12-19/h3-16H,1-2H3,(H,24,26). The van der Waals surface area contributed by atoms with Gasteiger partial charge in [-0.3, -0.25) is 9.10 Å². The SMILES string of the molecule is CC(NC(=O)c1cc(N(C)S(=O)(=O)c2ccccc2)ccc1Cl)c1ccccc1. The van der Waals surface area contributed by atoms with Crippen molar-refractivity contribution >= 4 is 33.2 Å². The van der Waals surface area contributed by atoms with Crippen LogP contribution in [0.1, 0.15) is 28.9 Å². The Morgan fingerprint density at radius 2 is 1.55 bits per heavy atom. The highest BCUT2D eigenvalue weighted by molar-refractivity contribution is 7.92. The van der Waals surface area contributed by atoms with Gasteiger partial charge in [-0.05, 0) is 42.8 Å². The van der Waals surface area contributed by atoms with Crippen LogP contribution >= 0.6 is 11.6 Å². The van der Waals surface area contributed by atoms with E-state index in [1.165, 1.54) is 31.3 Å². The third-order valence-corrected chi connectivity index (χ3v) is 6.74. The summed E-state index contributed by atoms with van der Waals surface area (Å²) in [5.41, 5.74) is 1.51. The maximum Gasteiger partial charge on any atom is 0.264 e. The number of amides is 1. The van der Waals surface area contributed by atoms with E-state index in [0.29, 0.717) is 5.69 Å². The van der Waals surface area contributed by atoms with Crippen LogP contribution in [0, 0.1) is 0 Å². The zero-order valence-corrected chi connectivity index (χ0v) is 17.6. The molecule has 1 atom stereocenters. The molecule has 1 N–H and O–H groups in total. The first-order valence-electron chi connectivity index (χ1n) is 9.00. The Hall–Kier alpha value is -2.83. The van der Waals surface area contributed by atoms with Crippen LogP contribution < -0.4 is 9.62 Å². The lowest BCUT2D eigenvalue weighted by atomic mass is 10.1. The van der Waals surface area contributed by atoms with Crippen molar-refractivity contribution in [2.24, 2.45) is 0 Å². The molecular formula is C22H21ClN2O3S. The van der Waals surface area contributed by atoms with E-state index >= 15 is 0 Å². The first kappa shape index (κ1) is 20.9. The number of sulfonamides is 1. The van der Waals surface area contributed by atoms with Gasteiger partial charge >= 0.3 is 0 Å². The fourth-order valence-corrected chi connectivity index (χ4v) is 4.28. The minimum absolute atomic E-state index is 0.168. The first-order valence-corrected chi connectivity index (χ1v) is 10.8. The number of hydrogen-bond acceptors (Lipinski definition) is 3. The van der Waals surface area contributed by atoms with Crippen molar-refractivity contribution in [2.75, 3.05) is 11.4 Å². The Labute approximate surface area is 176 Å². The van der Waals surface area contributed by atoms with Crippen LogP contribution in [-0.2, 0) is 10.0 Å². The Morgan fingerprint density at radius 3 is 2.17 bits per heavy atom. The number of hydrogen-bond donors (Lipinski definition) is 1. The van der Waals surface area contributed by atoms with Crippen LogP contribution in [0.15, 0.2) is 83.8 Å². The highest BCUT2D eigenvalue weighted by Crippen LogP contribution is 2.27. The average molecular weight is 429 g/mol. The molecule has 0 fully saturated rings. The number of nitrogens with zero attached hydrogens (tertiary/aromatic N) is 1. The zero-order chi connectivity index (χ0) is 21.0. The van der Waals surface area contributed by atoms with Gasteiger partial charge in [-0.1, -0.05) is 60.1 Å². The third kappa shape index (κ3) is 4.60. The Bertz CT molecular complexity index is 1100. The number of carbonyl (C=O) groups excluding carboxylic acids is 1. The predicted molar refractivity (Wildman–Crippen MR) is 116 cm³/mol. The second-order valence-electron chi connectivity index (χ2n) is 6.56. The second-order valence-corrected chi connectivity index (χ2v) is 8.93. The number of rotatable bonds is 6. The highest BCUT2D eigenvalue weighted by atomic mass is 35.5. The summed E-state index contributed by atoms with van der Waals surface area (Å²) in [7, 11) is -2.31. The maximum absolute atomic E-state index is 12.9. The van der Waals surface area contributed by atoms with Crippen LogP contribution in [0.5, 0.6) is 0 Å². The van der Waals surface area contributed by atoms with Crippen molar-refractivity contribution in [3.8, 4) is 0 Å². The summed E-state index contributed by atoms with van der Waals surface area (Å²) >= 11 is 6.23. The lowest BCUT2D eigenvalue weighted by molar-refractivity contribution is 0.0940. The first-order chi connectivity index (χ1) is 13.8. The molecule has 3 aromatic carbocycles. The smallest absolute Gasteiger partial charge is 0.264 e. The molecular weight excluding hydrogens is 408 g/mol. The molecule has 3 aromatic rings. The molecule has 5 nitrogen and oxygen atoms in total. The van der Waals surface area contributed by atoms with Gasteiger partial charge in [0, 0.05) is 7.05 Å². The third-order valence-electron chi connectivity index (χ3n) is 4.61. The van der Waals surface area contributed by atoms with Gasteiger partial charge in [0.2, 0.25) is 0 Å². The number of carbonyl (C=O) groups is 1. The predicted octanol–water partition coefficient (Wildman–Crippen LogP) is 4.66. The van der Waals surface area contributed by atoms with Crippen molar-refractivity contribution < 1.29 is 13.2 Å². The van der Waals surface area contributed by atoms with Crippen LogP contribution in [-0.4, -0.2) is 21.4 Å². The van der Waals surface area contributed by atoms with Gasteiger partial charge in [0.25, 0.3) is 15.9 Å². The van der Waals surface area contributed by atoms with Crippen molar-refractivity contribution in [1.29, 1.82) is 0 Å². The van der Waals surface area contributed by atoms with Gasteiger partial charge in [-0.25, -0.2) is 8.42 Å². The Morgan fingerprint density at radius 1 is 0.966 bits per heavy atom. The van der Waals surface area contributed by atoms with Crippen molar-refractivity contribution in [1.82, 2.24) is 5.32 Å². The van der Waals surface area contributed by atoms with Gasteiger partial charge in [-0.15, -0.1) is 0 Å². The topological polar surface area (TPSA) is 66.5 Å². The molecule has 0 aliphatic heterocycles. The van der Waals surface area contributed by atoms with E-state index in [2.05, 4.69) is 5.32 Å². The summed E-state index contributed by atoms with van der Waals surface area (Å²) in [5, 5.41) is 3.15. The van der Waals surface area contributed by atoms with E-state index in [0.717, 1.165) is 9.87 Å². The minimum atomic E-state index is -3.75. The van der Waals surface area contributed by atoms with Crippen LogP contribution in [0.25, 0.3) is 0 Å². The summed E-state index contributed by atoms with van der Waals surface area (Å²) in [6.45, 7) is 1.87. The fourth-order valence-electron chi connectivity index (χ4n) is 2.87. The quantitative estimate of drug-likeness (QED) is 0.621. The molecule has 150 valence electrons. The van der Waals surface area contributed by atoms with Gasteiger partial charge in [0.15, 0.2) is 0 Å². The van der Waals surface area contributed by atoms with Crippen LogP contribution in [0.4, 0.5) is 5.69 Å². The molecule has 29 heavy (non-hydrogen) atoms. The Balaban J connectivity index is 1.87. The summed E-state index contributed by atoms with van der Waals surface area (Å²) in [5.74, 6) is -0.376. The molecule has 0 radical (unpaired) electrons. The van der Waals surface area contributed by atoms with E-state index < -0.39 is 10.0 Å². The molecule has 3 rings (SSSR count). The summed E-state index contributed by atoms with van der Waals surface area (Å²) in [6, 6.07) is 22.0. The molecule has 7 heteroatoms.